The van der Waals surface area contributed by atoms with Crippen molar-refractivity contribution in [1.82, 2.24) is 4.98 Å². The molecule has 1 aliphatic rings. The number of aliphatic carboxylic acids is 1. The summed E-state index contributed by atoms with van der Waals surface area (Å²) in [5, 5.41) is 7.12. The Morgan fingerprint density at radius 2 is 1.81 bits per heavy atom. The van der Waals surface area contributed by atoms with Gasteiger partial charge in [-0.25, -0.2) is 13.2 Å². The van der Waals surface area contributed by atoms with Gasteiger partial charge in [0, 0.05) is 24.7 Å². The van der Waals surface area contributed by atoms with Crippen molar-refractivity contribution in [2.24, 2.45) is 4.40 Å². The van der Waals surface area contributed by atoms with Crippen molar-refractivity contribution in [3.8, 4) is 0 Å². The number of halogens is 3. The molecule has 0 saturated carbocycles. The van der Waals surface area contributed by atoms with Crippen LogP contribution < -0.4 is 0 Å². The molecule has 180 valence electrons. The minimum Gasteiger partial charge on any atom is -0.475 e. The van der Waals surface area contributed by atoms with Gasteiger partial charge in [-0.2, -0.15) is 13.2 Å². The van der Waals surface area contributed by atoms with E-state index in [2.05, 4.69) is 9.38 Å². The monoisotopic (exact) mass is 482 g/mol. The highest BCUT2D eigenvalue weighted by atomic mass is 32.2. The maximum Gasteiger partial charge on any atom is 0.490 e. The molecule has 0 saturated heterocycles. The number of carboxylic acids is 1. The second-order valence-electron chi connectivity index (χ2n) is 7.85. The molecule has 2 rings (SSSR count). The van der Waals surface area contributed by atoms with E-state index >= 15 is 0 Å². The standard InChI is InChI=1S/C17H24N2O5S.C2HF3O2/c1-16(2)17(3,4)25(21,22)19-14(24-16)9-13(10-15(20)23-5)12-7-6-8-18-11-12;3-2(4,5)1(6)7/h6-8,11,13H,9-10H2,1-5H3;(H,6,7)/t13-;/m0./s1. The van der Waals surface area contributed by atoms with Crippen LogP contribution in [0.3, 0.4) is 0 Å². The third kappa shape index (κ3) is 6.65. The van der Waals surface area contributed by atoms with Crippen LogP contribution in [0.5, 0.6) is 0 Å². The molecule has 1 aromatic heterocycles. The van der Waals surface area contributed by atoms with Crippen molar-refractivity contribution in [3.63, 3.8) is 0 Å². The van der Waals surface area contributed by atoms with Crippen LogP contribution in [0.2, 0.25) is 0 Å². The van der Waals surface area contributed by atoms with E-state index in [1.807, 2.05) is 6.07 Å². The number of rotatable bonds is 5. The van der Waals surface area contributed by atoms with Gasteiger partial charge >= 0.3 is 18.1 Å². The highest BCUT2D eigenvalue weighted by Crippen LogP contribution is 2.39. The molecule has 0 aliphatic carbocycles. The highest BCUT2D eigenvalue weighted by molar-refractivity contribution is 7.91. The fourth-order valence-electron chi connectivity index (χ4n) is 2.49. The van der Waals surface area contributed by atoms with Gasteiger partial charge < -0.3 is 14.6 Å². The van der Waals surface area contributed by atoms with Crippen molar-refractivity contribution in [2.75, 3.05) is 7.11 Å². The summed E-state index contributed by atoms with van der Waals surface area (Å²) in [6, 6.07) is 3.58. The first-order chi connectivity index (χ1) is 14.4. The number of alkyl halides is 3. The van der Waals surface area contributed by atoms with Crippen LogP contribution >= 0.6 is 0 Å². The summed E-state index contributed by atoms with van der Waals surface area (Å²) in [5.41, 5.74) is -0.160. The quantitative estimate of drug-likeness (QED) is 0.634. The molecule has 0 radical (unpaired) electrons. The number of methoxy groups -OCH3 is 1. The number of aromatic nitrogens is 1. The number of esters is 1. The Bertz CT molecular complexity index is 959. The van der Waals surface area contributed by atoms with E-state index in [1.165, 1.54) is 7.11 Å². The Kier molecular flexibility index (Phi) is 8.40. The van der Waals surface area contributed by atoms with Gasteiger partial charge in [0.25, 0.3) is 10.0 Å². The first kappa shape index (κ1) is 27.3. The van der Waals surface area contributed by atoms with Gasteiger partial charge in [-0.3, -0.25) is 9.78 Å². The lowest BCUT2D eigenvalue weighted by Gasteiger charge is -2.43. The second-order valence-corrected chi connectivity index (χ2v) is 10.0. The SMILES string of the molecule is COC(=O)C[C@H](CC1=NS(=O)(=O)C(C)(C)C(C)(C)O1)c1cccnc1.O=C(O)C(F)(F)F. The summed E-state index contributed by atoms with van der Waals surface area (Å²) in [6.07, 6.45) is -1.57. The van der Waals surface area contributed by atoms with Crippen LogP contribution in [0.15, 0.2) is 28.9 Å². The largest absolute Gasteiger partial charge is 0.490 e. The molecule has 32 heavy (non-hydrogen) atoms. The minimum atomic E-state index is -5.08. The number of hydrogen-bond donors (Lipinski definition) is 1. The predicted molar refractivity (Wildman–Crippen MR) is 108 cm³/mol. The molecule has 1 atom stereocenters. The number of sulfonamides is 1. The van der Waals surface area contributed by atoms with Gasteiger partial charge in [0.1, 0.15) is 10.3 Å². The number of pyridine rings is 1. The number of hydrogen-bond acceptors (Lipinski definition) is 7. The van der Waals surface area contributed by atoms with E-state index in [0.717, 1.165) is 5.56 Å². The molecule has 1 N–H and O–H groups in total. The Morgan fingerprint density at radius 3 is 2.22 bits per heavy atom. The molecule has 0 amide bonds. The van der Waals surface area contributed by atoms with E-state index in [0.29, 0.717) is 0 Å². The number of carbonyl (C=O) groups excluding carboxylic acids is 1. The summed E-state index contributed by atoms with van der Waals surface area (Å²) in [6.45, 7) is 6.63. The van der Waals surface area contributed by atoms with Gasteiger partial charge in [0.05, 0.1) is 13.5 Å². The topological polar surface area (TPSA) is 132 Å². The van der Waals surface area contributed by atoms with Gasteiger partial charge in [-0.1, -0.05) is 6.07 Å². The molecule has 1 aromatic rings. The van der Waals surface area contributed by atoms with Crippen LogP contribution in [0.1, 0.15) is 52.0 Å². The van der Waals surface area contributed by atoms with Crippen LogP contribution in [0, 0.1) is 0 Å². The average molecular weight is 482 g/mol. The Hall–Kier alpha value is -2.70. The molecule has 9 nitrogen and oxygen atoms in total. The van der Waals surface area contributed by atoms with Crippen molar-refractivity contribution in [2.45, 2.75) is 63.0 Å². The molecule has 13 heteroatoms. The molecule has 1 aliphatic heterocycles. The van der Waals surface area contributed by atoms with Crippen molar-refractivity contribution in [1.29, 1.82) is 0 Å². The molecular formula is C19H25F3N2O7S. The van der Waals surface area contributed by atoms with Crippen LogP contribution in [0.4, 0.5) is 13.2 Å². The van der Waals surface area contributed by atoms with Crippen molar-refractivity contribution in [3.05, 3.63) is 30.1 Å². The van der Waals surface area contributed by atoms with E-state index in [4.69, 9.17) is 19.4 Å². The van der Waals surface area contributed by atoms with Crippen LogP contribution in [-0.2, 0) is 29.1 Å². The molecule has 0 fully saturated rings. The summed E-state index contributed by atoms with van der Waals surface area (Å²) in [5.74, 6) is -3.39. The van der Waals surface area contributed by atoms with E-state index < -0.39 is 38.5 Å². The zero-order chi connectivity index (χ0) is 25.0. The summed E-state index contributed by atoms with van der Waals surface area (Å²) < 4.78 is 70.2. The number of nitrogens with zero attached hydrogens (tertiary/aromatic N) is 2. The smallest absolute Gasteiger partial charge is 0.475 e. The molecule has 0 aromatic carbocycles. The lowest BCUT2D eigenvalue weighted by molar-refractivity contribution is -0.192. The van der Waals surface area contributed by atoms with Gasteiger partial charge in [-0.15, -0.1) is 4.40 Å². The fraction of sp³-hybridized carbons (Fsp3) is 0.579. The predicted octanol–water partition coefficient (Wildman–Crippen LogP) is 3.07. The first-order valence-electron chi connectivity index (χ1n) is 9.24. The van der Waals surface area contributed by atoms with Gasteiger partial charge in [0.2, 0.25) is 5.90 Å². The third-order valence-electron chi connectivity index (χ3n) is 5.15. The van der Waals surface area contributed by atoms with Crippen LogP contribution in [0.25, 0.3) is 0 Å². The number of ether oxygens (including phenoxy) is 2. The highest BCUT2D eigenvalue weighted by Gasteiger charge is 2.53. The summed E-state index contributed by atoms with van der Waals surface area (Å²) in [7, 11) is -2.44. The minimum absolute atomic E-state index is 0.0778. The number of carbonyl (C=O) groups is 2. The normalized spacial score (nSPS) is 19.3. The van der Waals surface area contributed by atoms with Crippen molar-refractivity contribution < 1.29 is 45.8 Å². The lowest BCUT2D eigenvalue weighted by atomic mass is 9.91. The summed E-state index contributed by atoms with van der Waals surface area (Å²) >= 11 is 0. The van der Waals surface area contributed by atoms with Crippen LogP contribution in [-0.4, -0.2) is 60.0 Å². The third-order valence-corrected chi connectivity index (χ3v) is 7.38. The van der Waals surface area contributed by atoms with E-state index in [-0.39, 0.29) is 24.7 Å². The molecule has 0 spiro atoms. The summed E-state index contributed by atoms with van der Waals surface area (Å²) in [4.78, 5) is 24.7. The fourth-order valence-corrected chi connectivity index (χ4v) is 3.77. The first-order valence-corrected chi connectivity index (χ1v) is 10.7. The maximum absolute atomic E-state index is 12.6. The van der Waals surface area contributed by atoms with E-state index in [9.17, 15) is 26.4 Å². The molecule has 0 unspecified atom stereocenters. The average Bonchev–Trinajstić information content (AvgIpc) is 2.65. The Labute approximate surface area is 183 Å². The number of carboxylic acid groups (broad SMARTS) is 1. The Morgan fingerprint density at radius 1 is 1.25 bits per heavy atom. The van der Waals surface area contributed by atoms with Gasteiger partial charge in [-0.05, 0) is 39.3 Å². The zero-order valence-corrected chi connectivity index (χ0v) is 19.0. The van der Waals surface area contributed by atoms with E-state index in [1.54, 1.807) is 46.2 Å². The molecule has 0 bridgehead atoms. The van der Waals surface area contributed by atoms with Gasteiger partial charge in [0.15, 0.2) is 0 Å². The molecule has 2 heterocycles. The second kappa shape index (κ2) is 9.84. The zero-order valence-electron chi connectivity index (χ0n) is 18.1. The maximum atomic E-state index is 12.6. The molecular weight excluding hydrogens is 457 g/mol. The lowest BCUT2D eigenvalue weighted by Crippen LogP contribution is -2.56. The van der Waals surface area contributed by atoms with Crippen molar-refractivity contribution >= 4 is 27.9 Å². The Balaban J connectivity index is 0.000000633.